The van der Waals surface area contributed by atoms with E-state index in [9.17, 15) is 13.2 Å². The molecule has 0 unspecified atom stereocenters. The summed E-state index contributed by atoms with van der Waals surface area (Å²) < 4.78 is 33.6. The van der Waals surface area contributed by atoms with E-state index in [0.717, 1.165) is 22.4 Å². The Balaban J connectivity index is 1.93. The summed E-state index contributed by atoms with van der Waals surface area (Å²) in [6, 6.07) is 20.9. The van der Waals surface area contributed by atoms with Gasteiger partial charge < -0.3 is 10.1 Å². The number of aryl methyl sites for hydroxylation is 2. The Labute approximate surface area is 209 Å². The average Bonchev–Trinajstić information content (AvgIpc) is 2.84. The van der Waals surface area contributed by atoms with Gasteiger partial charge in [-0.3, -0.25) is 9.10 Å². The van der Waals surface area contributed by atoms with Crippen molar-refractivity contribution in [2.45, 2.75) is 45.1 Å². The number of methoxy groups -OCH3 is 1. The molecule has 0 aliphatic carbocycles. The molecular formula is C28H34N2O4S. The predicted octanol–water partition coefficient (Wildman–Crippen LogP) is 5.41. The van der Waals surface area contributed by atoms with Crippen LogP contribution in [0.15, 0.2) is 77.7 Å². The largest absolute Gasteiger partial charge is 0.497 e. The van der Waals surface area contributed by atoms with E-state index in [-0.39, 0.29) is 23.4 Å². The standard InChI is InChI=1S/C28H34N2O4S/c1-20(2)17-27(23-12-15-25(34-5)16-13-23)29-28(31)19-30(24-14-11-21(3)22(4)18-24)35(32,33)26-9-7-6-8-10-26/h6-16,18,20,27H,17,19H2,1-5H3,(H,29,31)/t27-/m0/s1. The highest BCUT2D eigenvalue weighted by atomic mass is 32.2. The highest BCUT2D eigenvalue weighted by Crippen LogP contribution is 2.27. The van der Waals surface area contributed by atoms with Crippen LogP contribution >= 0.6 is 0 Å². The van der Waals surface area contributed by atoms with Crippen LogP contribution in [-0.2, 0) is 14.8 Å². The molecule has 0 fully saturated rings. The fourth-order valence-electron chi connectivity index (χ4n) is 3.87. The number of nitrogens with zero attached hydrogens (tertiary/aromatic N) is 1. The van der Waals surface area contributed by atoms with Crippen molar-refractivity contribution in [2.75, 3.05) is 18.0 Å². The zero-order valence-electron chi connectivity index (χ0n) is 21.0. The SMILES string of the molecule is COc1ccc([C@H](CC(C)C)NC(=O)CN(c2ccc(C)c(C)c2)S(=O)(=O)c2ccccc2)cc1. The second kappa shape index (κ2) is 11.4. The molecule has 0 aliphatic rings. The van der Waals surface area contributed by atoms with E-state index in [4.69, 9.17) is 4.74 Å². The predicted molar refractivity (Wildman–Crippen MR) is 140 cm³/mol. The van der Waals surface area contributed by atoms with Crippen molar-refractivity contribution < 1.29 is 17.9 Å². The summed E-state index contributed by atoms with van der Waals surface area (Å²) in [5.74, 6) is 0.689. The molecule has 1 N–H and O–H groups in total. The van der Waals surface area contributed by atoms with Crippen LogP contribution in [0.3, 0.4) is 0 Å². The summed E-state index contributed by atoms with van der Waals surface area (Å²) in [6.07, 6.45) is 0.715. The molecule has 186 valence electrons. The summed E-state index contributed by atoms with van der Waals surface area (Å²) >= 11 is 0. The normalized spacial score (nSPS) is 12.3. The number of hydrogen-bond donors (Lipinski definition) is 1. The highest BCUT2D eigenvalue weighted by molar-refractivity contribution is 7.92. The molecule has 35 heavy (non-hydrogen) atoms. The fourth-order valence-corrected chi connectivity index (χ4v) is 5.31. The number of amides is 1. The quantitative estimate of drug-likeness (QED) is 0.409. The van der Waals surface area contributed by atoms with Crippen LogP contribution in [0.25, 0.3) is 0 Å². The van der Waals surface area contributed by atoms with Crippen LogP contribution in [0.1, 0.15) is 43.0 Å². The zero-order valence-corrected chi connectivity index (χ0v) is 21.8. The molecule has 6 nitrogen and oxygen atoms in total. The maximum atomic E-state index is 13.6. The van der Waals surface area contributed by atoms with Gasteiger partial charge >= 0.3 is 0 Å². The lowest BCUT2D eigenvalue weighted by atomic mass is 9.97. The van der Waals surface area contributed by atoms with Gasteiger partial charge in [-0.25, -0.2) is 8.42 Å². The lowest BCUT2D eigenvalue weighted by Gasteiger charge is -2.27. The van der Waals surface area contributed by atoms with Gasteiger partial charge in [0, 0.05) is 0 Å². The van der Waals surface area contributed by atoms with Crippen molar-refractivity contribution >= 4 is 21.6 Å². The highest BCUT2D eigenvalue weighted by Gasteiger charge is 2.28. The van der Waals surface area contributed by atoms with E-state index in [1.807, 2.05) is 44.2 Å². The number of carbonyl (C=O) groups is 1. The number of carbonyl (C=O) groups excluding carboxylic acids is 1. The first kappa shape index (κ1) is 26.3. The first-order valence-electron chi connectivity index (χ1n) is 11.7. The van der Waals surface area contributed by atoms with Crippen LogP contribution in [0, 0.1) is 19.8 Å². The van der Waals surface area contributed by atoms with E-state index in [1.54, 1.807) is 49.6 Å². The molecule has 3 aromatic rings. The van der Waals surface area contributed by atoms with Crippen LogP contribution in [-0.4, -0.2) is 28.0 Å². The molecule has 1 amide bonds. The van der Waals surface area contributed by atoms with Crippen molar-refractivity contribution in [3.63, 3.8) is 0 Å². The minimum absolute atomic E-state index is 0.139. The summed E-state index contributed by atoms with van der Waals surface area (Å²) in [5, 5.41) is 3.07. The Hall–Kier alpha value is -3.32. The minimum Gasteiger partial charge on any atom is -0.497 e. The smallest absolute Gasteiger partial charge is 0.264 e. The Kier molecular flexibility index (Phi) is 8.57. The van der Waals surface area contributed by atoms with Crippen LogP contribution in [0.2, 0.25) is 0 Å². The van der Waals surface area contributed by atoms with Crippen molar-refractivity contribution in [1.82, 2.24) is 5.32 Å². The molecule has 7 heteroatoms. The maximum absolute atomic E-state index is 13.6. The molecule has 0 aliphatic heterocycles. The number of rotatable bonds is 10. The molecule has 0 saturated heterocycles. The Morgan fingerprint density at radius 3 is 2.17 bits per heavy atom. The number of anilines is 1. The number of nitrogens with one attached hydrogen (secondary N) is 1. The summed E-state index contributed by atoms with van der Waals surface area (Å²) in [5.41, 5.74) is 3.40. The van der Waals surface area contributed by atoms with Gasteiger partial charge in [0.2, 0.25) is 5.91 Å². The van der Waals surface area contributed by atoms with Crippen molar-refractivity contribution in [3.05, 3.63) is 89.5 Å². The van der Waals surface area contributed by atoms with Gasteiger partial charge in [-0.05, 0) is 79.3 Å². The third-order valence-corrected chi connectivity index (χ3v) is 7.75. The first-order chi connectivity index (χ1) is 16.6. The molecule has 0 heterocycles. The third kappa shape index (κ3) is 6.63. The van der Waals surface area contributed by atoms with E-state index >= 15 is 0 Å². The molecule has 3 rings (SSSR count). The molecular weight excluding hydrogens is 460 g/mol. The Bertz CT molecular complexity index is 1240. The van der Waals surface area contributed by atoms with Gasteiger partial charge in [0.1, 0.15) is 12.3 Å². The molecule has 0 aromatic heterocycles. The molecule has 0 bridgehead atoms. The lowest BCUT2D eigenvalue weighted by molar-refractivity contribution is -0.120. The van der Waals surface area contributed by atoms with Crippen LogP contribution in [0.5, 0.6) is 5.75 Å². The van der Waals surface area contributed by atoms with Gasteiger partial charge in [0.25, 0.3) is 10.0 Å². The number of hydrogen-bond acceptors (Lipinski definition) is 4. The summed E-state index contributed by atoms with van der Waals surface area (Å²) in [6.45, 7) is 7.74. The van der Waals surface area contributed by atoms with Gasteiger partial charge in [-0.1, -0.05) is 50.2 Å². The zero-order chi connectivity index (χ0) is 25.6. The molecule has 0 radical (unpaired) electrons. The van der Waals surface area contributed by atoms with Gasteiger partial charge in [0.05, 0.1) is 23.7 Å². The average molecular weight is 495 g/mol. The van der Waals surface area contributed by atoms with E-state index < -0.39 is 10.0 Å². The molecule has 0 saturated carbocycles. The first-order valence-corrected chi connectivity index (χ1v) is 13.1. The summed E-state index contributed by atoms with van der Waals surface area (Å²) in [7, 11) is -2.35. The topological polar surface area (TPSA) is 75.7 Å². The lowest BCUT2D eigenvalue weighted by Crippen LogP contribution is -2.42. The minimum atomic E-state index is -3.96. The van der Waals surface area contributed by atoms with Gasteiger partial charge in [-0.15, -0.1) is 0 Å². The monoisotopic (exact) mass is 494 g/mol. The second-order valence-electron chi connectivity index (χ2n) is 9.12. The Morgan fingerprint density at radius 1 is 0.943 bits per heavy atom. The number of benzene rings is 3. The van der Waals surface area contributed by atoms with Gasteiger partial charge in [0.15, 0.2) is 0 Å². The Morgan fingerprint density at radius 2 is 1.60 bits per heavy atom. The second-order valence-corrected chi connectivity index (χ2v) is 11.0. The number of ether oxygens (including phenoxy) is 1. The van der Waals surface area contributed by atoms with Crippen molar-refractivity contribution in [2.24, 2.45) is 5.92 Å². The van der Waals surface area contributed by atoms with E-state index in [2.05, 4.69) is 19.2 Å². The molecule has 1 atom stereocenters. The number of sulfonamides is 1. The maximum Gasteiger partial charge on any atom is 0.264 e. The van der Waals surface area contributed by atoms with E-state index in [0.29, 0.717) is 18.0 Å². The fraction of sp³-hybridized carbons (Fsp3) is 0.321. The third-order valence-electron chi connectivity index (χ3n) is 5.96. The summed E-state index contributed by atoms with van der Waals surface area (Å²) in [4.78, 5) is 13.4. The van der Waals surface area contributed by atoms with Crippen LogP contribution < -0.4 is 14.4 Å². The molecule has 3 aromatic carbocycles. The van der Waals surface area contributed by atoms with Crippen molar-refractivity contribution in [1.29, 1.82) is 0 Å². The van der Waals surface area contributed by atoms with Crippen molar-refractivity contribution in [3.8, 4) is 5.75 Å². The van der Waals surface area contributed by atoms with E-state index in [1.165, 1.54) is 4.31 Å². The molecule has 0 spiro atoms. The van der Waals surface area contributed by atoms with Gasteiger partial charge in [-0.2, -0.15) is 0 Å². The van der Waals surface area contributed by atoms with Crippen LogP contribution in [0.4, 0.5) is 5.69 Å².